The van der Waals surface area contributed by atoms with Crippen LogP contribution < -0.4 is 0 Å². The molecule has 3 heterocycles. The predicted molar refractivity (Wildman–Crippen MR) is 132 cm³/mol. The summed E-state index contributed by atoms with van der Waals surface area (Å²) >= 11 is 0. The quantitative estimate of drug-likeness (QED) is 0.530. The lowest BCUT2D eigenvalue weighted by molar-refractivity contribution is -0.152. The van der Waals surface area contributed by atoms with Crippen molar-refractivity contribution in [1.29, 1.82) is 0 Å². The fourth-order valence-corrected chi connectivity index (χ4v) is 4.65. The van der Waals surface area contributed by atoms with Crippen LogP contribution in [0.15, 0.2) is 54.7 Å². The van der Waals surface area contributed by atoms with Crippen molar-refractivity contribution in [2.24, 2.45) is 0 Å². The number of likely N-dealkylation sites (tertiary alicyclic amines) is 1. The lowest BCUT2D eigenvalue weighted by atomic mass is 10.1. The van der Waals surface area contributed by atoms with Crippen LogP contribution >= 0.6 is 0 Å². The summed E-state index contributed by atoms with van der Waals surface area (Å²) in [4.78, 5) is 43.6. The van der Waals surface area contributed by atoms with E-state index in [1.165, 1.54) is 17.0 Å². The zero-order valence-corrected chi connectivity index (χ0v) is 20.2. The Bertz CT molecular complexity index is 1270. The highest BCUT2D eigenvalue weighted by Gasteiger charge is 2.33. The Morgan fingerprint density at radius 1 is 0.750 bits per heavy atom. The average Bonchev–Trinajstić information content (AvgIpc) is 3.59. The first-order valence-corrected chi connectivity index (χ1v) is 12.2. The molecule has 2 aromatic carbocycles. The Morgan fingerprint density at radius 2 is 1.31 bits per heavy atom. The van der Waals surface area contributed by atoms with Gasteiger partial charge in [0.15, 0.2) is 0 Å². The monoisotopic (exact) mass is 489 g/mol. The fourth-order valence-electron chi connectivity index (χ4n) is 4.65. The lowest BCUT2D eigenvalue weighted by Crippen LogP contribution is -2.54. The Hall–Kier alpha value is -4.01. The number of hydrogen-bond acceptors (Lipinski definition) is 4. The van der Waals surface area contributed by atoms with E-state index in [-0.39, 0.29) is 11.7 Å². The molecule has 0 radical (unpaired) electrons. The molecule has 0 aliphatic carbocycles. The third-order valence-corrected chi connectivity index (χ3v) is 6.79. The minimum atomic E-state index is -0.492. The molecule has 0 unspecified atom stereocenters. The van der Waals surface area contributed by atoms with Crippen LogP contribution in [0.5, 0.6) is 0 Å². The number of benzene rings is 2. The second kappa shape index (κ2) is 9.93. The van der Waals surface area contributed by atoms with Gasteiger partial charge in [-0.2, -0.15) is 5.10 Å². The summed E-state index contributed by atoms with van der Waals surface area (Å²) in [5.74, 6) is -1.49. The molecule has 2 aliphatic rings. The molecule has 186 valence electrons. The van der Waals surface area contributed by atoms with Crippen molar-refractivity contribution >= 4 is 17.7 Å². The zero-order chi connectivity index (χ0) is 25.2. The van der Waals surface area contributed by atoms with Crippen LogP contribution in [0.25, 0.3) is 16.9 Å². The summed E-state index contributed by atoms with van der Waals surface area (Å²) in [5.41, 5.74) is 3.49. The number of aryl methyl sites for hydroxylation is 1. The Morgan fingerprint density at radius 3 is 1.92 bits per heavy atom. The van der Waals surface area contributed by atoms with Gasteiger partial charge < -0.3 is 14.7 Å². The molecule has 2 fully saturated rings. The van der Waals surface area contributed by atoms with E-state index in [1.54, 1.807) is 32.8 Å². The molecular formula is C27H28FN5O3. The number of carbonyl (C=O) groups is 3. The number of piperazine rings is 1. The van der Waals surface area contributed by atoms with Crippen LogP contribution in [0, 0.1) is 12.7 Å². The average molecular weight is 490 g/mol. The number of amides is 3. The van der Waals surface area contributed by atoms with Crippen LogP contribution in [-0.4, -0.2) is 81.5 Å². The van der Waals surface area contributed by atoms with Crippen molar-refractivity contribution in [2.75, 3.05) is 39.3 Å². The molecule has 0 atom stereocenters. The second-order valence-corrected chi connectivity index (χ2v) is 9.26. The second-order valence-electron chi connectivity index (χ2n) is 9.26. The van der Waals surface area contributed by atoms with Crippen LogP contribution in [0.4, 0.5) is 4.39 Å². The summed E-state index contributed by atoms with van der Waals surface area (Å²) in [5, 5.41) is 4.67. The number of carbonyl (C=O) groups excluding carboxylic acids is 3. The van der Waals surface area contributed by atoms with Crippen LogP contribution in [0.1, 0.15) is 28.8 Å². The third kappa shape index (κ3) is 4.73. The van der Waals surface area contributed by atoms with E-state index in [9.17, 15) is 18.8 Å². The van der Waals surface area contributed by atoms with Gasteiger partial charge in [-0.05, 0) is 44.0 Å². The van der Waals surface area contributed by atoms with Crippen LogP contribution in [0.2, 0.25) is 0 Å². The largest absolute Gasteiger partial charge is 0.335 e. The molecule has 36 heavy (non-hydrogen) atoms. The van der Waals surface area contributed by atoms with Gasteiger partial charge in [-0.3, -0.25) is 14.4 Å². The molecule has 2 saturated heterocycles. The summed E-state index contributed by atoms with van der Waals surface area (Å²) in [6.45, 7) is 4.50. The maximum Gasteiger partial charge on any atom is 0.312 e. The lowest BCUT2D eigenvalue weighted by Gasteiger charge is -2.35. The first kappa shape index (κ1) is 23.7. The molecule has 5 rings (SSSR count). The predicted octanol–water partition coefficient (Wildman–Crippen LogP) is 2.89. The minimum Gasteiger partial charge on any atom is -0.335 e. The van der Waals surface area contributed by atoms with Gasteiger partial charge in [0, 0.05) is 51.0 Å². The summed E-state index contributed by atoms with van der Waals surface area (Å²) in [6, 6.07) is 13.7. The Labute approximate surface area is 208 Å². The van der Waals surface area contributed by atoms with E-state index in [2.05, 4.69) is 5.10 Å². The molecular weight excluding hydrogens is 461 g/mol. The number of halogens is 1. The van der Waals surface area contributed by atoms with Gasteiger partial charge in [0.2, 0.25) is 0 Å². The van der Waals surface area contributed by atoms with E-state index in [0.29, 0.717) is 56.2 Å². The van der Waals surface area contributed by atoms with Crippen LogP contribution in [0.3, 0.4) is 0 Å². The molecule has 0 bridgehead atoms. The van der Waals surface area contributed by atoms with Crippen LogP contribution in [-0.2, 0) is 9.59 Å². The van der Waals surface area contributed by atoms with Crippen molar-refractivity contribution in [2.45, 2.75) is 19.8 Å². The van der Waals surface area contributed by atoms with E-state index < -0.39 is 11.8 Å². The molecule has 2 aliphatic heterocycles. The first-order valence-electron chi connectivity index (χ1n) is 12.2. The minimum absolute atomic E-state index is 0.197. The molecule has 0 spiro atoms. The van der Waals surface area contributed by atoms with E-state index >= 15 is 0 Å². The molecule has 8 nitrogen and oxygen atoms in total. The van der Waals surface area contributed by atoms with Crippen molar-refractivity contribution < 1.29 is 18.8 Å². The highest BCUT2D eigenvalue weighted by atomic mass is 19.1. The normalized spacial score (nSPS) is 15.9. The fraction of sp³-hybridized carbons (Fsp3) is 0.333. The van der Waals surface area contributed by atoms with Gasteiger partial charge in [-0.15, -0.1) is 0 Å². The number of nitrogens with zero attached hydrogens (tertiary/aromatic N) is 5. The zero-order valence-electron chi connectivity index (χ0n) is 20.2. The summed E-state index contributed by atoms with van der Waals surface area (Å²) in [6.07, 6.45) is 3.52. The van der Waals surface area contributed by atoms with Gasteiger partial charge in [0.05, 0.1) is 11.3 Å². The number of rotatable bonds is 3. The summed E-state index contributed by atoms with van der Waals surface area (Å²) in [7, 11) is 0. The molecule has 1 aromatic heterocycles. The topological polar surface area (TPSA) is 78.8 Å². The Balaban J connectivity index is 1.36. The first-order chi connectivity index (χ1) is 17.4. The molecule has 3 aromatic rings. The highest BCUT2D eigenvalue weighted by Crippen LogP contribution is 2.26. The molecule has 0 saturated carbocycles. The van der Waals surface area contributed by atoms with Gasteiger partial charge in [-0.1, -0.05) is 29.8 Å². The van der Waals surface area contributed by atoms with E-state index in [0.717, 1.165) is 24.0 Å². The van der Waals surface area contributed by atoms with E-state index in [4.69, 9.17) is 0 Å². The number of aromatic nitrogens is 2. The van der Waals surface area contributed by atoms with Gasteiger partial charge in [-0.25, -0.2) is 9.07 Å². The van der Waals surface area contributed by atoms with Crippen molar-refractivity contribution in [3.63, 3.8) is 0 Å². The van der Waals surface area contributed by atoms with E-state index in [1.807, 2.05) is 31.2 Å². The SMILES string of the molecule is Cc1ccc(-c2nn(-c3ccc(F)cc3)cc2C(=O)N2CCN(C(=O)C(=O)N3CCCC3)CC2)cc1. The third-order valence-electron chi connectivity index (χ3n) is 6.79. The Kier molecular flexibility index (Phi) is 6.54. The standard InChI is InChI=1S/C27H28FN5O3/c1-19-4-6-20(7-5-19)24-23(18-33(29-24)22-10-8-21(28)9-11-22)25(34)31-14-16-32(17-15-31)27(36)26(35)30-12-2-3-13-30/h4-11,18H,2-3,12-17H2,1H3. The van der Waals surface area contributed by atoms with Crippen molar-refractivity contribution in [3.8, 4) is 16.9 Å². The smallest absolute Gasteiger partial charge is 0.312 e. The maximum atomic E-state index is 13.6. The van der Waals surface area contributed by atoms with Crippen molar-refractivity contribution in [3.05, 3.63) is 71.7 Å². The van der Waals surface area contributed by atoms with Gasteiger partial charge >= 0.3 is 11.8 Å². The van der Waals surface area contributed by atoms with Crippen molar-refractivity contribution in [1.82, 2.24) is 24.5 Å². The molecule has 3 amide bonds. The summed E-state index contributed by atoms with van der Waals surface area (Å²) < 4.78 is 15.0. The van der Waals surface area contributed by atoms with Gasteiger partial charge in [0.1, 0.15) is 11.5 Å². The highest BCUT2D eigenvalue weighted by molar-refractivity contribution is 6.35. The maximum absolute atomic E-state index is 13.6. The van der Waals surface area contributed by atoms with Gasteiger partial charge in [0.25, 0.3) is 5.91 Å². The molecule has 0 N–H and O–H groups in total. The number of hydrogen-bond donors (Lipinski definition) is 0. The molecule has 9 heteroatoms.